The van der Waals surface area contributed by atoms with E-state index in [0.29, 0.717) is 11.0 Å². The molecule has 1 aromatic heterocycles. The number of anilines is 1. The van der Waals surface area contributed by atoms with Crippen molar-refractivity contribution in [1.82, 2.24) is 20.2 Å². The second-order valence-electron chi connectivity index (χ2n) is 8.05. The molecule has 3 heterocycles. The molecule has 2 aliphatic rings. The zero-order chi connectivity index (χ0) is 22.8. The van der Waals surface area contributed by atoms with Crippen LogP contribution in [0, 0.1) is 5.82 Å². The van der Waals surface area contributed by atoms with Gasteiger partial charge in [-0.1, -0.05) is 6.07 Å². The van der Waals surface area contributed by atoms with Gasteiger partial charge in [0.05, 0.1) is 18.1 Å². The number of nitrogens with one attached hydrogen (secondary N) is 2. The van der Waals surface area contributed by atoms with Crippen molar-refractivity contribution in [3.63, 3.8) is 0 Å². The molecule has 172 valence electrons. The van der Waals surface area contributed by atoms with E-state index in [4.69, 9.17) is 14.2 Å². The van der Waals surface area contributed by atoms with E-state index in [2.05, 4.69) is 31.6 Å². The first-order valence-corrected chi connectivity index (χ1v) is 10.8. The van der Waals surface area contributed by atoms with Crippen LogP contribution in [0.1, 0.15) is 18.4 Å². The van der Waals surface area contributed by atoms with Crippen LogP contribution in [0.2, 0.25) is 0 Å². The van der Waals surface area contributed by atoms with Gasteiger partial charge in [-0.3, -0.25) is 10.2 Å². The highest BCUT2D eigenvalue weighted by molar-refractivity contribution is 5.91. The molecular formula is C23H24FN5O4. The molecule has 2 N–H and O–H groups in total. The fourth-order valence-corrected chi connectivity index (χ4v) is 4.10. The Labute approximate surface area is 189 Å². The van der Waals surface area contributed by atoms with Crippen LogP contribution in [0.25, 0.3) is 11.0 Å². The van der Waals surface area contributed by atoms with Crippen molar-refractivity contribution < 1.29 is 23.4 Å². The summed E-state index contributed by atoms with van der Waals surface area (Å²) in [5.74, 6) is 1.46. The number of hydrogen-bond acceptors (Lipinski definition) is 7. The number of urea groups is 1. The first-order valence-electron chi connectivity index (χ1n) is 10.8. The maximum atomic E-state index is 13.5. The molecule has 0 bridgehead atoms. The second-order valence-corrected chi connectivity index (χ2v) is 8.05. The first kappa shape index (κ1) is 21.2. The van der Waals surface area contributed by atoms with Gasteiger partial charge in [-0.2, -0.15) is 0 Å². The van der Waals surface area contributed by atoms with Crippen molar-refractivity contribution >= 4 is 22.9 Å². The van der Waals surface area contributed by atoms with Gasteiger partial charge in [0.1, 0.15) is 5.82 Å². The Hall–Kier alpha value is -3.66. The summed E-state index contributed by atoms with van der Waals surface area (Å²) in [6.07, 6.45) is 1.65. The molecule has 1 saturated heterocycles. The maximum absolute atomic E-state index is 13.5. The lowest BCUT2D eigenvalue weighted by Crippen LogP contribution is -2.45. The third kappa shape index (κ3) is 4.75. The van der Waals surface area contributed by atoms with Crippen LogP contribution in [-0.2, 0) is 6.54 Å². The highest BCUT2D eigenvalue weighted by atomic mass is 19.1. The maximum Gasteiger partial charge on any atom is 0.320 e. The molecule has 3 aromatic rings. The summed E-state index contributed by atoms with van der Waals surface area (Å²) in [4.78, 5) is 23.5. The molecule has 2 aliphatic heterocycles. The molecule has 0 spiro atoms. The number of carbonyl (C=O) groups is 1. The van der Waals surface area contributed by atoms with Gasteiger partial charge >= 0.3 is 6.03 Å². The number of hydrogen-bond donors (Lipinski definition) is 2. The summed E-state index contributed by atoms with van der Waals surface area (Å²) in [5, 5.41) is 5.67. The summed E-state index contributed by atoms with van der Waals surface area (Å²) < 4.78 is 29.6. The Morgan fingerprint density at radius 2 is 1.94 bits per heavy atom. The number of fused-ring (bicyclic) bond motifs is 2. The summed E-state index contributed by atoms with van der Waals surface area (Å²) in [6, 6.07) is 9.73. The van der Waals surface area contributed by atoms with E-state index < -0.39 is 11.8 Å². The molecule has 0 radical (unpaired) electrons. The van der Waals surface area contributed by atoms with Crippen LogP contribution in [-0.4, -0.2) is 53.9 Å². The number of aromatic nitrogens is 2. The van der Waals surface area contributed by atoms with Crippen molar-refractivity contribution in [3.8, 4) is 17.4 Å². The third-order valence-corrected chi connectivity index (χ3v) is 5.79. The average Bonchev–Trinajstić information content (AvgIpc) is 3.28. The second kappa shape index (κ2) is 9.07. The summed E-state index contributed by atoms with van der Waals surface area (Å²) in [6.45, 7) is 2.80. The van der Waals surface area contributed by atoms with Crippen molar-refractivity contribution in [3.05, 3.63) is 47.8 Å². The van der Waals surface area contributed by atoms with Crippen molar-refractivity contribution in [1.29, 1.82) is 0 Å². The SMILES string of the molecule is COc1nc2ccc(F)cc2nc1NC(=O)NC1CCN(Cc2ccc3c(c2)OCO3)CC1. The number of ether oxygens (including phenoxy) is 3. The van der Waals surface area contributed by atoms with E-state index in [0.717, 1.165) is 44.0 Å². The zero-order valence-corrected chi connectivity index (χ0v) is 18.1. The van der Waals surface area contributed by atoms with Crippen LogP contribution in [0.3, 0.4) is 0 Å². The monoisotopic (exact) mass is 453 g/mol. The minimum atomic E-state index is -0.426. The van der Waals surface area contributed by atoms with Crippen molar-refractivity contribution in [2.45, 2.75) is 25.4 Å². The fourth-order valence-electron chi connectivity index (χ4n) is 4.10. The quantitative estimate of drug-likeness (QED) is 0.612. The number of likely N-dealkylation sites (tertiary alicyclic amines) is 1. The van der Waals surface area contributed by atoms with E-state index in [9.17, 15) is 9.18 Å². The summed E-state index contributed by atoms with van der Waals surface area (Å²) in [5.41, 5.74) is 1.98. The predicted molar refractivity (Wildman–Crippen MR) is 119 cm³/mol. The number of nitrogens with zero attached hydrogens (tertiary/aromatic N) is 3. The predicted octanol–water partition coefficient (Wildman–Crippen LogP) is 3.29. The van der Waals surface area contributed by atoms with Crippen molar-refractivity contribution in [2.24, 2.45) is 0 Å². The normalized spacial score (nSPS) is 16.1. The van der Waals surface area contributed by atoms with E-state index in [-0.39, 0.29) is 24.5 Å². The van der Waals surface area contributed by atoms with Gasteiger partial charge in [0.2, 0.25) is 6.79 Å². The molecule has 2 aromatic carbocycles. The Balaban J connectivity index is 1.15. The topological polar surface area (TPSA) is 97.8 Å². The third-order valence-electron chi connectivity index (χ3n) is 5.79. The molecule has 2 amide bonds. The molecule has 33 heavy (non-hydrogen) atoms. The number of rotatable bonds is 5. The molecule has 5 rings (SSSR count). The molecule has 0 atom stereocenters. The average molecular weight is 453 g/mol. The Bertz CT molecular complexity index is 1180. The van der Waals surface area contributed by atoms with Gasteiger partial charge in [-0.05, 0) is 42.7 Å². The van der Waals surface area contributed by atoms with E-state index in [1.165, 1.54) is 30.9 Å². The van der Waals surface area contributed by atoms with E-state index >= 15 is 0 Å². The zero-order valence-electron chi connectivity index (χ0n) is 18.1. The van der Waals surface area contributed by atoms with Crippen LogP contribution in [0.5, 0.6) is 17.4 Å². The summed E-state index contributed by atoms with van der Waals surface area (Å²) >= 11 is 0. The Kier molecular flexibility index (Phi) is 5.82. The molecular weight excluding hydrogens is 429 g/mol. The standard InChI is InChI=1S/C23H24FN5O4/c1-31-22-21(26-18-11-15(24)3-4-17(18)27-22)28-23(30)25-16-6-8-29(9-7-16)12-14-2-5-19-20(10-14)33-13-32-19/h2-5,10-11,16H,6-9,12-13H2,1H3,(H2,25,26,28,30). The lowest BCUT2D eigenvalue weighted by Gasteiger charge is -2.32. The fraction of sp³-hybridized carbons (Fsp3) is 0.348. The summed E-state index contributed by atoms with van der Waals surface area (Å²) in [7, 11) is 1.44. The van der Waals surface area contributed by atoms with Gasteiger partial charge in [0.15, 0.2) is 17.3 Å². The molecule has 0 aliphatic carbocycles. The number of amides is 2. The lowest BCUT2D eigenvalue weighted by atomic mass is 10.0. The van der Waals surface area contributed by atoms with Gasteiger partial charge in [0, 0.05) is 31.7 Å². The lowest BCUT2D eigenvalue weighted by molar-refractivity contribution is 0.173. The van der Waals surface area contributed by atoms with Crippen LogP contribution >= 0.6 is 0 Å². The van der Waals surface area contributed by atoms with E-state index in [1.807, 2.05) is 12.1 Å². The smallest absolute Gasteiger partial charge is 0.320 e. The largest absolute Gasteiger partial charge is 0.478 e. The number of methoxy groups -OCH3 is 1. The Morgan fingerprint density at radius 3 is 2.76 bits per heavy atom. The molecule has 0 saturated carbocycles. The van der Waals surface area contributed by atoms with Crippen LogP contribution in [0.4, 0.5) is 15.0 Å². The van der Waals surface area contributed by atoms with Gasteiger partial charge in [0.25, 0.3) is 5.88 Å². The highest BCUT2D eigenvalue weighted by Gasteiger charge is 2.22. The van der Waals surface area contributed by atoms with E-state index in [1.54, 1.807) is 0 Å². The van der Waals surface area contributed by atoms with Crippen LogP contribution < -0.4 is 24.8 Å². The first-order chi connectivity index (χ1) is 16.1. The van der Waals surface area contributed by atoms with Gasteiger partial charge in [-0.25, -0.2) is 19.2 Å². The highest BCUT2D eigenvalue weighted by Crippen LogP contribution is 2.33. The number of halogens is 1. The number of piperidine rings is 1. The molecule has 9 nitrogen and oxygen atoms in total. The van der Waals surface area contributed by atoms with Crippen LogP contribution in [0.15, 0.2) is 36.4 Å². The molecule has 0 unspecified atom stereocenters. The minimum Gasteiger partial charge on any atom is -0.478 e. The number of carbonyl (C=O) groups excluding carboxylic acids is 1. The molecule has 1 fully saturated rings. The molecule has 10 heteroatoms. The van der Waals surface area contributed by atoms with Crippen molar-refractivity contribution in [2.75, 3.05) is 32.3 Å². The van der Waals surface area contributed by atoms with Gasteiger partial charge in [-0.15, -0.1) is 0 Å². The minimum absolute atomic E-state index is 0.0369. The Morgan fingerprint density at radius 1 is 1.12 bits per heavy atom. The number of benzene rings is 2. The van der Waals surface area contributed by atoms with Gasteiger partial charge < -0.3 is 19.5 Å².